The smallest absolute Gasteiger partial charge is 0.304 e. The molecule has 3 nitrogen and oxygen atoms in total. The van der Waals surface area contributed by atoms with E-state index >= 15 is 0 Å². The van der Waals surface area contributed by atoms with E-state index in [1.807, 2.05) is 12.1 Å². The Morgan fingerprint density at radius 1 is 1.46 bits per heavy atom. The van der Waals surface area contributed by atoms with Crippen molar-refractivity contribution in [2.45, 2.75) is 13.0 Å². The molecule has 0 radical (unpaired) electrons. The Hall–Kier alpha value is -1.82. The summed E-state index contributed by atoms with van der Waals surface area (Å²) in [6.07, 6.45) is -0.793. The number of benzene rings is 1. The second kappa shape index (κ2) is 4.27. The van der Waals surface area contributed by atoms with Crippen LogP contribution >= 0.6 is 0 Å². The molecule has 1 atom stereocenters. The molecule has 13 heavy (non-hydrogen) atoms. The molecule has 0 heterocycles. The molecule has 0 spiro atoms. The second-order valence-corrected chi connectivity index (χ2v) is 2.53. The van der Waals surface area contributed by atoms with Crippen LogP contribution < -0.4 is 0 Å². The third-order valence-electron chi connectivity index (χ3n) is 1.50. The summed E-state index contributed by atoms with van der Waals surface area (Å²) in [6, 6.07) is 10.8. The lowest BCUT2D eigenvalue weighted by Crippen LogP contribution is -2.05. The number of carbonyl (C=O) groups excluding carboxylic acids is 1. The van der Waals surface area contributed by atoms with Gasteiger partial charge in [0.2, 0.25) is 6.10 Å². The Labute approximate surface area is 76.6 Å². The van der Waals surface area contributed by atoms with Crippen molar-refractivity contribution in [3.05, 3.63) is 35.9 Å². The van der Waals surface area contributed by atoms with E-state index in [-0.39, 0.29) is 0 Å². The lowest BCUT2D eigenvalue weighted by molar-refractivity contribution is -0.144. The summed E-state index contributed by atoms with van der Waals surface area (Å²) in [5.41, 5.74) is 0.695. The molecule has 0 aliphatic heterocycles. The predicted molar refractivity (Wildman–Crippen MR) is 46.6 cm³/mol. The first-order valence-electron chi connectivity index (χ1n) is 3.86. The Balaban J connectivity index is 2.80. The molecule has 0 aromatic heterocycles. The Kier molecular flexibility index (Phi) is 3.04. The highest BCUT2D eigenvalue weighted by atomic mass is 16.5. The maximum Gasteiger partial charge on any atom is 0.304 e. The highest BCUT2D eigenvalue weighted by Crippen LogP contribution is 2.15. The van der Waals surface area contributed by atoms with Crippen molar-refractivity contribution in [2.75, 3.05) is 0 Å². The fraction of sp³-hybridized carbons (Fsp3) is 0.200. The average Bonchev–Trinajstić information content (AvgIpc) is 2.15. The number of esters is 1. The molecule has 0 fully saturated rings. The van der Waals surface area contributed by atoms with Gasteiger partial charge in [-0.25, -0.2) is 0 Å². The van der Waals surface area contributed by atoms with Crippen molar-refractivity contribution in [3.63, 3.8) is 0 Å². The van der Waals surface area contributed by atoms with Crippen molar-refractivity contribution < 1.29 is 9.53 Å². The first-order chi connectivity index (χ1) is 6.24. The lowest BCUT2D eigenvalue weighted by atomic mass is 10.1. The largest absolute Gasteiger partial charge is 0.442 e. The molecule has 0 saturated heterocycles. The lowest BCUT2D eigenvalue weighted by Gasteiger charge is -2.08. The number of ether oxygens (including phenoxy) is 1. The molecule has 3 heteroatoms. The number of nitriles is 1. The Morgan fingerprint density at radius 3 is 2.54 bits per heavy atom. The van der Waals surface area contributed by atoms with E-state index in [9.17, 15) is 4.79 Å². The molecular weight excluding hydrogens is 166 g/mol. The van der Waals surface area contributed by atoms with Gasteiger partial charge in [0.25, 0.3) is 0 Å². The summed E-state index contributed by atoms with van der Waals surface area (Å²) in [7, 11) is 0. The van der Waals surface area contributed by atoms with Gasteiger partial charge in [0.15, 0.2) is 0 Å². The van der Waals surface area contributed by atoms with Crippen LogP contribution in [0.15, 0.2) is 30.3 Å². The molecule has 0 saturated carbocycles. The van der Waals surface area contributed by atoms with E-state index < -0.39 is 12.1 Å². The van der Waals surface area contributed by atoms with Crippen LogP contribution in [0, 0.1) is 11.3 Å². The fourth-order valence-electron chi connectivity index (χ4n) is 0.963. The molecule has 0 bridgehead atoms. The quantitative estimate of drug-likeness (QED) is 0.644. The predicted octanol–water partition coefficient (Wildman–Crippen LogP) is 1.81. The second-order valence-electron chi connectivity index (χ2n) is 2.53. The van der Waals surface area contributed by atoms with E-state index in [0.717, 1.165) is 0 Å². The standard InChI is InChI=1S/C10H9NO2/c1-8(12)13-10(7-11)9-5-3-2-4-6-9/h2-6,10H,1H3. The van der Waals surface area contributed by atoms with Crippen LogP contribution in [0.1, 0.15) is 18.6 Å². The number of hydrogen-bond donors (Lipinski definition) is 0. The van der Waals surface area contributed by atoms with Gasteiger partial charge in [0, 0.05) is 12.5 Å². The number of nitrogens with zero attached hydrogens (tertiary/aromatic N) is 1. The minimum atomic E-state index is -0.793. The third kappa shape index (κ3) is 2.60. The van der Waals surface area contributed by atoms with E-state index in [1.165, 1.54) is 6.92 Å². The monoisotopic (exact) mass is 175 g/mol. The summed E-state index contributed by atoms with van der Waals surface area (Å²) in [5, 5.41) is 8.70. The molecule has 1 aromatic rings. The van der Waals surface area contributed by atoms with Crippen molar-refractivity contribution in [2.24, 2.45) is 0 Å². The van der Waals surface area contributed by atoms with E-state index in [0.29, 0.717) is 5.56 Å². The molecule has 1 rings (SSSR count). The number of rotatable bonds is 2. The zero-order valence-corrected chi connectivity index (χ0v) is 7.23. The summed E-state index contributed by atoms with van der Waals surface area (Å²) >= 11 is 0. The van der Waals surface area contributed by atoms with Gasteiger partial charge in [-0.3, -0.25) is 4.79 Å². The van der Waals surface area contributed by atoms with Crippen molar-refractivity contribution >= 4 is 5.97 Å². The maximum absolute atomic E-state index is 10.6. The van der Waals surface area contributed by atoms with Crippen molar-refractivity contribution in [1.29, 1.82) is 5.26 Å². The number of carbonyl (C=O) groups is 1. The van der Waals surface area contributed by atoms with Gasteiger partial charge in [-0.2, -0.15) is 5.26 Å². The van der Waals surface area contributed by atoms with Gasteiger partial charge in [-0.1, -0.05) is 30.3 Å². The molecule has 66 valence electrons. The topological polar surface area (TPSA) is 50.1 Å². The number of hydrogen-bond acceptors (Lipinski definition) is 3. The molecule has 0 aliphatic rings. The molecule has 0 N–H and O–H groups in total. The molecule has 0 amide bonds. The SMILES string of the molecule is CC(=O)OC(C#N)c1ccccc1. The van der Waals surface area contributed by atoms with Crippen LogP contribution in [0.25, 0.3) is 0 Å². The van der Waals surface area contributed by atoms with E-state index in [2.05, 4.69) is 0 Å². The van der Waals surface area contributed by atoms with Gasteiger partial charge < -0.3 is 4.74 Å². The first kappa shape index (κ1) is 9.27. The highest BCUT2D eigenvalue weighted by Gasteiger charge is 2.11. The van der Waals surface area contributed by atoms with Gasteiger partial charge in [0.05, 0.1) is 0 Å². The first-order valence-corrected chi connectivity index (χ1v) is 3.86. The minimum absolute atomic E-state index is 0.449. The Bertz CT molecular complexity index is 327. The molecular formula is C10H9NO2. The van der Waals surface area contributed by atoms with Crippen LogP contribution in [0.5, 0.6) is 0 Å². The average molecular weight is 175 g/mol. The van der Waals surface area contributed by atoms with Crippen molar-refractivity contribution in [3.8, 4) is 6.07 Å². The van der Waals surface area contributed by atoms with Gasteiger partial charge in [-0.15, -0.1) is 0 Å². The highest BCUT2D eigenvalue weighted by molar-refractivity contribution is 5.66. The van der Waals surface area contributed by atoms with Gasteiger partial charge >= 0.3 is 5.97 Å². The minimum Gasteiger partial charge on any atom is -0.442 e. The molecule has 1 unspecified atom stereocenters. The van der Waals surface area contributed by atoms with Crippen LogP contribution in [0.4, 0.5) is 0 Å². The summed E-state index contributed by atoms with van der Waals surface area (Å²) in [5.74, 6) is -0.449. The van der Waals surface area contributed by atoms with Crippen LogP contribution in [-0.4, -0.2) is 5.97 Å². The van der Waals surface area contributed by atoms with E-state index in [1.54, 1.807) is 24.3 Å². The van der Waals surface area contributed by atoms with Crippen LogP contribution in [-0.2, 0) is 9.53 Å². The molecule has 0 aliphatic carbocycles. The summed E-state index contributed by atoms with van der Waals surface area (Å²) in [6.45, 7) is 1.28. The zero-order valence-electron chi connectivity index (χ0n) is 7.23. The fourth-order valence-corrected chi connectivity index (χ4v) is 0.963. The van der Waals surface area contributed by atoms with Crippen LogP contribution in [0.2, 0.25) is 0 Å². The molecule has 1 aromatic carbocycles. The van der Waals surface area contributed by atoms with Crippen LogP contribution in [0.3, 0.4) is 0 Å². The van der Waals surface area contributed by atoms with Gasteiger partial charge in [-0.05, 0) is 0 Å². The Morgan fingerprint density at radius 2 is 2.08 bits per heavy atom. The van der Waals surface area contributed by atoms with Gasteiger partial charge in [0.1, 0.15) is 6.07 Å². The zero-order chi connectivity index (χ0) is 9.68. The maximum atomic E-state index is 10.6. The van der Waals surface area contributed by atoms with E-state index in [4.69, 9.17) is 10.00 Å². The third-order valence-corrected chi connectivity index (χ3v) is 1.50. The van der Waals surface area contributed by atoms with Crippen molar-refractivity contribution in [1.82, 2.24) is 0 Å². The summed E-state index contributed by atoms with van der Waals surface area (Å²) in [4.78, 5) is 10.6. The summed E-state index contributed by atoms with van der Waals surface area (Å²) < 4.78 is 4.79. The normalized spacial score (nSPS) is 11.4.